The van der Waals surface area contributed by atoms with E-state index >= 15 is 0 Å². The van der Waals surface area contributed by atoms with E-state index in [1.165, 1.54) is 27.1 Å². The number of rotatable bonds is 2. The predicted molar refractivity (Wildman–Crippen MR) is 126 cm³/mol. The van der Waals surface area contributed by atoms with Crippen LogP contribution in [0.3, 0.4) is 0 Å². The summed E-state index contributed by atoms with van der Waals surface area (Å²) >= 11 is 0.480. The summed E-state index contributed by atoms with van der Waals surface area (Å²) in [5.41, 5.74) is 8.05. The Balaban J connectivity index is 0.000000455. The topological polar surface area (TPSA) is 0 Å². The van der Waals surface area contributed by atoms with Gasteiger partial charge in [-0.1, -0.05) is 102 Å². The molecule has 0 amide bonds. The maximum absolute atomic E-state index is 2.41. The van der Waals surface area contributed by atoms with Gasteiger partial charge in [0.25, 0.3) is 0 Å². The quantitative estimate of drug-likeness (QED) is 0.344. The van der Waals surface area contributed by atoms with E-state index < -0.39 is 9.52 Å². The third-order valence-electron chi connectivity index (χ3n) is 6.62. The van der Waals surface area contributed by atoms with E-state index in [0.717, 1.165) is 0 Å². The van der Waals surface area contributed by atoms with E-state index in [9.17, 15) is 0 Å². The number of allylic oxidation sites excluding steroid dienone is 4. The summed E-state index contributed by atoms with van der Waals surface area (Å²) in [5, 5.41) is 4.66. The molecule has 158 valence electrons. The molecule has 4 aliphatic rings. The molecule has 1 atom stereocenters. The first kappa shape index (κ1) is 23.7. The Hall–Kier alpha value is -1.44. The maximum atomic E-state index is 2.41. The molecular weight excluding hydrogens is 527 g/mol. The Morgan fingerprint density at radius 2 is 1.25 bits per heavy atom. The molecule has 1 saturated heterocycles. The number of hydrogen-bond donors (Lipinski definition) is 0. The van der Waals surface area contributed by atoms with Crippen molar-refractivity contribution in [1.82, 2.24) is 0 Å². The zero-order valence-electron chi connectivity index (χ0n) is 17.8. The van der Waals surface area contributed by atoms with E-state index in [1.54, 1.807) is 24.6 Å². The summed E-state index contributed by atoms with van der Waals surface area (Å²) in [6, 6.07) is 27.1. The molecule has 0 nitrogen and oxygen atoms in total. The van der Waals surface area contributed by atoms with Crippen LogP contribution in [0, 0.1) is 5.92 Å². The Morgan fingerprint density at radius 3 is 1.88 bits per heavy atom. The van der Waals surface area contributed by atoms with Crippen LogP contribution in [0.1, 0.15) is 16.7 Å². The van der Waals surface area contributed by atoms with Gasteiger partial charge in [-0.15, -0.1) is 0 Å². The van der Waals surface area contributed by atoms with Crippen molar-refractivity contribution in [3.8, 4) is 11.1 Å². The molecule has 3 aromatic rings. The van der Waals surface area contributed by atoms with Gasteiger partial charge in [0.1, 0.15) is 0 Å². The monoisotopic (exact) mass is 548 g/mol. The van der Waals surface area contributed by atoms with E-state index in [-0.39, 0.29) is 24.8 Å². The first-order chi connectivity index (χ1) is 14.9. The number of hydrogen-bond acceptors (Lipinski definition) is 0. The number of halogens is 2. The summed E-state index contributed by atoms with van der Waals surface area (Å²) in [5.74, 6) is 0.485. The molecule has 0 aromatic heterocycles. The van der Waals surface area contributed by atoms with Crippen molar-refractivity contribution < 1.29 is 48.0 Å². The van der Waals surface area contributed by atoms with Crippen LogP contribution in [-0.4, -0.2) is 9.52 Å². The molecule has 1 heterocycles. The minimum Gasteiger partial charge on any atom is -1.00 e. The van der Waals surface area contributed by atoms with Crippen LogP contribution in [0.5, 0.6) is 0 Å². The third kappa shape index (κ3) is 4.24. The Morgan fingerprint density at radius 1 is 0.688 bits per heavy atom. The second kappa shape index (κ2) is 10.2. The van der Waals surface area contributed by atoms with E-state index in [0.29, 0.717) is 34.7 Å². The Kier molecular flexibility index (Phi) is 7.58. The third-order valence-corrected chi connectivity index (χ3v) is 10.4. The van der Waals surface area contributed by atoms with Gasteiger partial charge in [0, 0.05) is 11.5 Å². The van der Waals surface area contributed by atoms with Crippen molar-refractivity contribution in [2.24, 2.45) is 5.92 Å². The van der Waals surface area contributed by atoms with Crippen molar-refractivity contribution in [3.05, 3.63) is 119 Å². The fraction of sp³-hybridized carbons (Fsp3) is 0.143. The van der Waals surface area contributed by atoms with Gasteiger partial charge in [-0.2, -0.15) is 0 Å². The zero-order chi connectivity index (χ0) is 19.9. The molecule has 1 unspecified atom stereocenters. The number of benzene rings is 3. The van der Waals surface area contributed by atoms with Gasteiger partial charge < -0.3 is 24.8 Å². The second-order valence-corrected chi connectivity index (χ2v) is 14.1. The van der Waals surface area contributed by atoms with Crippen LogP contribution in [0.2, 0.25) is 8.26 Å². The fourth-order valence-electron chi connectivity index (χ4n) is 5.22. The SMILES string of the molecule is C1=CC2=c3ccccc3=C([SiH2]C3c4ccccc4-c4ccccc43)C2C=C1.[CH2]1[CH2][Zr+2]1.[Cl-].[Cl-]. The average Bonchev–Trinajstić information content (AvgIpc) is 3.63. The largest absolute Gasteiger partial charge is 1.00 e. The van der Waals surface area contributed by atoms with Crippen molar-refractivity contribution in [1.29, 1.82) is 0 Å². The first-order valence-electron chi connectivity index (χ1n) is 11.0. The molecule has 32 heavy (non-hydrogen) atoms. The van der Waals surface area contributed by atoms with E-state index in [1.807, 2.05) is 0 Å². The van der Waals surface area contributed by atoms with Crippen LogP contribution in [0.4, 0.5) is 0 Å². The molecule has 0 bridgehead atoms. The van der Waals surface area contributed by atoms with Crippen LogP contribution < -0.4 is 35.3 Å². The van der Waals surface area contributed by atoms with Crippen molar-refractivity contribution in [2.45, 2.75) is 13.8 Å². The number of fused-ring (bicyclic) bond motifs is 5. The molecule has 7 rings (SSSR count). The minimum absolute atomic E-state index is 0. The van der Waals surface area contributed by atoms with Gasteiger partial charge in [0.05, 0.1) is 9.52 Å². The van der Waals surface area contributed by atoms with Gasteiger partial charge in [-0.05, 0) is 38.3 Å². The standard InChI is InChI=1S/C26H20Si.C2H4.2ClH.Zr/c1-5-13-21-17(9-1)18-10-2-6-14-22(18)25(21)27-26-23-15-7-3-11-19(23)20-12-4-8-16-24(20)26;1-2;;;/h1-16,21,26H,27H2;1-2H2;2*1H;/q;;;;+2/p-2. The van der Waals surface area contributed by atoms with E-state index in [4.69, 9.17) is 0 Å². The smallest absolute Gasteiger partial charge is 1.00 e. The molecule has 4 heteroatoms. The molecule has 3 aromatic carbocycles. The molecular formula is C28H24Cl2SiZr. The predicted octanol–water partition coefficient (Wildman–Crippen LogP) is -1.43. The molecule has 0 spiro atoms. The summed E-state index contributed by atoms with van der Waals surface area (Å²) in [4.78, 5) is 0. The first-order valence-corrected chi connectivity index (χ1v) is 16.0. The van der Waals surface area contributed by atoms with Crippen LogP contribution in [0.15, 0.2) is 97.1 Å². The summed E-state index contributed by atoms with van der Waals surface area (Å²) in [6.45, 7) is 0. The van der Waals surface area contributed by atoms with Crippen molar-refractivity contribution in [3.63, 3.8) is 0 Å². The molecule has 1 aliphatic heterocycles. The second-order valence-electron chi connectivity index (χ2n) is 8.43. The van der Waals surface area contributed by atoms with Crippen molar-refractivity contribution >= 4 is 20.3 Å². The molecule has 0 N–H and O–H groups in total. The van der Waals surface area contributed by atoms with Crippen molar-refractivity contribution in [2.75, 3.05) is 0 Å². The molecule has 1 fully saturated rings. The van der Waals surface area contributed by atoms with Gasteiger partial charge in [-0.3, -0.25) is 0 Å². The minimum atomic E-state index is -0.517. The Labute approximate surface area is 216 Å². The average molecular weight is 551 g/mol. The van der Waals surface area contributed by atoms with Crippen LogP contribution >= 0.6 is 0 Å². The summed E-state index contributed by atoms with van der Waals surface area (Å²) < 4.78 is 3.34. The van der Waals surface area contributed by atoms with Gasteiger partial charge in [0.15, 0.2) is 0 Å². The van der Waals surface area contributed by atoms with Gasteiger partial charge in [-0.25, -0.2) is 0 Å². The summed E-state index contributed by atoms with van der Waals surface area (Å²) in [7, 11) is -0.517. The van der Waals surface area contributed by atoms with Gasteiger partial charge >= 0.3 is 31.5 Å². The molecule has 0 saturated carbocycles. The molecule has 3 aliphatic carbocycles. The summed E-state index contributed by atoms with van der Waals surface area (Å²) in [6.07, 6.45) is 9.14. The van der Waals surface area contributed by atoms with E-state index in [2.05, 4.69) is 97.1 Å². The Bertz CT molecular complexity index is 1270. The fourth-order valence-corrected chi connectivity index (χ4v) is 7.95. The maximum Gasteiger partial charge on any atom is -1.00 e. The van der Waals surface area contributed by atoms with Gasteiger partial charge in [0.2, 0.25) is 0 Å². The zero-order valence-corrected chi connectivity index (χ0v) is 23.2. The molecule has 0 radical (unpaired) electrons. The van der Waals surface area contributed by atoms with Crippen LogP contribution in [0.25, 0.3) is 21.9 Å². The van der Waals surface area contributed by atoms with Crippen LogP contribution in [-0.2, 0) is 23.2 Å². The normalized spacial score (nSPS) is 18.2.